The van der Waals surface area contributed by atoms with Gasteiger partial charge in [0.25, 0.3) is 0 Å². The Balaban J connectivity index is 1.39. The molecule has 2 saturated heterocycles. The van der Waals surface area contributed by atoms with Crippen LogP contribution in [0.5, 0.6) is 0 Å². The molecule has 0 bridgehead atoms. The average Bonchev–Trinajstić information content (AvgIpc) is 2.84. The molecule has 2 aliphatic heterocycles. The van der Waals surface area contributed by atoms with Crippen molar-refractivity contribution in [1.82, 2.24) is 20.3 Å². The van der Waals surface area contributed by atoms with Crippen LogP contribution < -0.4 is 10.6 Å². The predicted octanol–water partition coefficient (Wildman–Crippen LogP) is 4.07. The Morgan fingerprint density at radius 2 is 1.97 bits per heavy atom. The number of carbonyl (C=O) groups is 1. The average molecular weight is 498 g/mol. The van der Waals surface area contributed by atoms with Crippen LogP contribution in [0.1, 0.15) is 31.4 Å². The summed E-state index contributed by atoms with van der Waals surface area (Å²) in [6.07, 6.45) is 2.51. The van der Waals surface area contributed by atoms with Gasteiger partial charge in [-0.2, -0.15) is 13.2 Å². The third-order valence-electron chi connectivity index (χ3n) is 6.36. The van der Waals surface area contributed by atoms with E-state index in [0.717, 1.165) is 32.6 Å². The van der Waals surface area contributed by atoms with Gasteiger partial charge in [-0.15, -0.1) is 0 Å². The van der Waals surface area contributed by atoms with E-state index in [2.05, 4.69) is 25.6 Å². The number of pyridine rings is 1. The van der Waals surface area contributed by atoms with E-state index in [-0.39, 0.29) is 31.6 Å². The fourth-order valence-electron chi connectivity index (χ4n) is 4.29. The monoisotopic (exact) mass is 497 g/mol. The smallest absolute Gasteiger partial charge is 0.381 e. The summed E-state index contributed by atoms with van der Waals surface area (Å²) >= 11 is 6.36. The maximum Gasteiger partial charge on any atom is 0.403 e. The number of nitrogens with one attached hydrogen (secondary N) is 2. The second kappa shape index (κ2) is 11.0. The normalized spacial score (nSPS) is 21.9. The summed E-state index contributed by atoms with van der Waals surface area (Å²) in [4.78, 5) is 25.8. The lowest BCUT2D eigenvalue weighted by atomic mass is 9.89. The predicted molar refractivity (Wildman–Crippen MR) is 122 cm³/mol. The largest absolute Gasteiger partial charge is 0.403 e. The summed E-state index contributed by atoms with van der Waals surface area (Å²) in [7, 11) is 0. The molecule has 2 atom stereocenters. The van der Waals surface area contributed by atoms with Gasteiger partial charge in [-0.3, -0.25) is 14.8 Å². The highest BCUT2D eigenvalue weighted by Crippen LogP contribution is 2.30. The summed E-state index contributed by atoms with van der Waals surface area (Å²) in [6.45, 7) is 2.32. The van der Waals surface area contributed by atoms with Crippen molar-refractivity contribution in [3.63, 3.8) is 0 Å². The molecule has 7 nitrogen and oxygen atoms in total. The van der Waals surface area contributed by atoms with Crippen molar-refractivity contribution in [3.05, 3.63) is 35.4 Å². The van der Waals surface area contributed by atoms with Gasteiger partial charge in [0.2, 0.25) is 0 Å². The van der Waals surface area contributed by atoms with Gasteiger partial charge in [-0.1, -0.05) is 11.6 Å². The molecule has 2 fully saturated rings. The molecule has 0 saturated carbocycles. The van der Waals surface area contributed by atoms with Gasteiger partial charge in [-0.25, -0.2) is 4.98 Å². The number of ether oxygens (including phenoxy) is 1. The molecule has 11 heteroatoms. The number of piperidine rings is 1. The second-order valence-electron chi connectivity index (χ2n) is 8.80. The third kappa shape index (κ3) is 6.43. The van der Waals surface area contributed by atoms with Crippen molar-refractivity contribution in [2.45, 2.75) is 44.3 Å². The highest BCUT2D eigenvalue weighted by atomic mass is 35.5. The first-order valence-corrected chi connectivity index (χ1v) is 11.8. The molecule has 2 aromatic rings. The highest BCUT2D eigenvalue weighted by molar-refractivity contribution is 6.33. The van der Waals surface area contributed by atoms with Crippen molar-refractivity contribution < 1.29 is 22.7 Å². The standard InChI is InChI=1S/C23H27ClF3N5O2/c24-18-11-29-16(8-20(33)15-1-2-21(30-10-15)23(25,26)27)7-17(18)19-12-28-13-22(32-19)31-9-14-3-5-34-6-4-14/h7,11-15,21,30H,1-6,8-10H2,(H,31,32)/t15-,21-/m1/s1. The topological polar surface area (TPSA) is 89.0 Å². The molecule has 2 N–H and O–H groups in total. The fourth-order valence-corrected chi connectivity index (χ4v) is 4.49. The van der Waals surface area contributed by atoms with E-state index in [1.54, 1.807) is 18.5 Å². The van der Waals surface area contributed by atoms with Gasteiger partial charge in [-0.05, 0) is 37.7 Å². The quantitative estimate of drug-likeness (QED) is 0.596. The van der Waals surface area contributed by atoms with Crippen LogP contribution >= 0.6 is 11.6 Å². The van der Waals surface area contributed by atoms with E-state index >= 15 is 0 Å². The van der Waals surface area contributed by atoms with E-state index in [4.69, 9.17) is 16.3 Å². The molecular weight excluding hydrogens is 471 g/mol. The van der Waals surface area contributed by atoms with Crippen molar-refractivity contribution in [1.29, 1.82) is 0 Å². The lowest BCUT2D eigenvalue weighted by molar-refractivity contribution is -0.163. The Morgan fingerprint density at radius 1 is 1.18 bits per heavy atom. The molecular formula is C23H27ClF3N5O2. The number of Topliss-reactive ketones (excluding diaryl/α,β-unsaturated/α-hetero) is 1. The summed E-state index contributed by atoms with van der Waals surface area (Å²) in [5, 5.41) is 6.14. The van der Waals surface area contributed by atoms with Crippen molar-refractivity contribution in [2.75, 3.05) is 31.6 Å². The van der Waals surface area contributed by atoms with Crippen molar-refractivity contribution in [2.24, 2.45) is 11.8 Å². The van der Waals surface area contributed by atoms with Gasteiger partial charge >= 0.3 is 6.18 Å². The molecule has 0 aromatic carbocycles. The van der Waals surface area contributed by atoms with Gasteiger partial charge in [0.15, 0.2) is 0 Å². The first kappa shape index (κ1) is 24.8. The van der Waals surface area contributed by atoms with Gasteiger partial charge in [0, 0.05) is 56.1 Å². The Kier molecular flexibility index (Phi) is 8.00. The number of carbonyl (C=O) groups excluding carboxylic acids is 1. The summed E-state index contributed by atoms with van der Waals surface area (Å²) in [5.41, 5.74) is 1.63. The van der Waals surface area contributed by atoms with Gasteiger partial charge in [0.05, 0.1) is 23.1 Å². The molecule has 4 heterocycles. The lowest BCUT2D eigenvalue weighted by Gasteiger charge is -2.30. The van der Waals surface area contributed by atoms with Crippen molar-refractivity contribution in [3.8, 4) is 11.3 Å². The SMILES string of the molecule is O=C(Cc1cc(-c2cncc(NCC3CCOCC3)n2)c(Cl)cn1)[C@@H]1CC[C@H](C(F)(F)F)NC1. The fraction of sp³-hybridized carbons (Fsp3) is 0.565. The number of hydrogen-bond acceptors (Lipinski definition) is 7. The molecule has 184 valence electrons. The molecule has 0 spiro atoms. The van der Waals surface area contributed by atoms with E-state index in [1.807, 2.05) is 0 Å². The number of ketones is 1. The number of rotatable bonds is 7. The van der Waals surface area contributed by atoms with Crippen LogP contribution in [0.4, 0.5) is 19.0 Å². The van der Waals surface area contributed by atoms with Crippen LogP contribution in [-0.2, 0) is 16.0 Å². The van der Waals surface area contributed by atoms with Crippen LogP contribution in [-0.4, -0.2) is 59.3 Å². The minimum absolute atomic E-state index is 0.00969. The maximum atomic E-state index is 12.8. The molecule has 0 radical (unpaired) electrons. The van der Waals surface area contributed by atoms with Crippen LogP contribution in [0.25, 0.3) is 11.3 Å². The molecule has 0 unspecified atom stereocenters. The number of aromatic nitrogens is 3. The number of alkyl halides is 3. The van der Waals surface area contributed by atoms with Crippen LogP contribution in [0, 0.1) is 11.8 Å². The molecule has 4 rings (SSSR count). The van der Waals surface area contributed by atoms with Crippen molar-refractivity contribution >= 4 is 23.2 Å². The van der Waals surface area contributed by atoms with Gasteiger partial charge < -0.3 is 15.4 Å². The van der Waals surface area contributed by atoms with E-state index in [0.29, 0.717) is 33.7 Å². The number of anilines is 1. The van der Waals surface area contributed by atoms with E-state index < -0.39 is 18.1 Å². The molecule has 2 aliphatic rings. The minimum atomic E-state index is -4.30. The zero-order valence-corrected chi connectivity index (χ0v) is 19.3. The van der Waals surface area contributed by atoms with Gasteiger partial charge in [0.1, 0.15) is 17.6 Å². The molecule has 0 amide bonds. The third-order valence-corrected chi connectivity index (χ3v) is 6.66. The van der Waals surface area contributed by atoms with Crippen LogP contribution in [0.2, 0.25) is 5.02 Å². The zero-order chi connectivity index (χ0) is 24.1. The van der Waals surface area contributed by atoms with E-state index in [9.17, 15) is 18.0 Å². The second-order valence-corrected chi connectivity index (χ2v) is 9.21. The Bertz CT molecular complexity index is 993. The Hall–Kier alpha value is -2.30. The Labute approximate surface area is 200 Å². The highest BCUT2D eigenvalue weighted by Gasteiger charge is 2.42. The summed E-state index contributed by atoms with van der Waals surface area (Å²) in [5.74, 6) is 0.521. The Morgan fingerprint density at radius 3 is 2.68 bits per heavy atom. The first-order valence-electron chi connectivity index (χ1n) is 11.4. The van der Waals surface area contributed by atoms with Crippen LogP contribution in [0.15, 0.2) is 24.7 Å². The lowest BCUT2D eigenvalue weighted by Crippen LogP contribution is -2.49. The maximum absolute atomic E-state index is 12.8. The first-order chi connectivity index (χ1) is 16.3. The number of nitrogens with zero attached hydrogens (tertiary/aromatic N) is 3. The zero-order valence-electron chi connectivity index (χ0n) is 18.6. The molecule has 2 aromatic heterocycles. The molecule has 0 aliphatic carbocycles. The summed E-state index contributed by atoms with van der Waals surface area (Å²) < 4.78 is 43.9. The van der Waals surface area contributed by atoms with Crippen LogP contribution in [0.3, 0.4) is 0 Å². The van der Waals surface area contributed by atoms with E-state index in [1.165, 1.54) is 6.20 Å². The molecule has 34 heavy (non-hydrogen) atoms. The summed E-state index contributed by atoms with van der Waals surface area (Å²) in [6, 6.07) is 0.143. The number of halogens is 4. The number of hydrogen-bond donors (Lipinski definition) is 2. The minimum Gasteiger partial charge on any atom is -0.381 e.